The lowest BCUT2D eigenvalue weighted by Gasteiger charge is -2.41. The predicted molar refractivity (Wildman–Crippen MR) is 75.2 cm³/mol. The Labute approximate surface area is 111 Å². The van der Waals surface area contributed by atoms with Crippen LogP contribution in [0, 0.1) is 5.92 Å². The highest BCUT2D eigenvalue weighted by atomic mass is 16.3. The van der Waals surface area contributed by atoms with Crippen molar-refractivity contribution in [2.45, 2.75) is 58.8 Å². The van der Waals surface area contributed by atoms with Gasteiger partial charge in [-0.15, -0.1) is 0 Å². The summed E-state index contributed by atoms with van der Waals surface area (Å²) < 4.78 is 0. The number of nitrogens with zero attached hydrogens (tertiary/aromatic N) is 1. The summed E-state index contributed by atoms with van der Waals surface area (Å²) in [5.74, 6) is 0.544. The second kappa shape index (κ2) is 4.67. The van der Waals surface area contributed by atoms with E-state index in [0.29, 0.717) is 12.0 Å². The Hall–Kier alpha value is -0.860. The van der Waals surface area contributed by atoms with Crippen molar-refractivity contribution in [1.82, 2.24) is 4.90 Å². The van der Waals surface area contributed by atoms with Crippen LogP contribution in [0.4, 0.5) is 0 Å². The average molecular weight is 247 g/mol. The normalized spacial score (nSPS) is 26.1. The smallest absolute Gasteiger partial charge is 0.134 e. The number of aliphatic hydroxyl groups excluding tert-OH is 1. The van der Waals surface area contributed by atoms with Gasteiger partial charge in [-0.3, -0.25) is 4.90 Å². The molecule has 0 saturated heterocycles. The van der Waals surface area contributed by atoms with Crippen LogP contribution in [0.2, 0.25) is 0 Å². The zero-order chi connectivity index (χ0) is 13.5. The highest BCUT2D eigenvalue weighted by Crippen LogP contribution is 2.48. The van der Waals surface area contributed by atoms with Gasteiger partial charge < -0.3 is 5.11 Å². The molecule has 0 spiro atoms. The van der Waals surface area contributed by atoms with E-state index in [0.717, 1.165) is 12.0 Å². The minimum atomic E-state index is -0.472. The van der Waals surface area contributed by atoms with Crippen molar-refractivity contribution in [2.24, 2.45) is 5.92 Å². The van der Waals surface area contributed by atoms with E-state index >= 15 is 0 Å². The summed E-state index contributed by atoms with van der Waals surface area (Å²) in [5, 5.41) is 10.6. The molecule has 2 rings (SSSR count). The summed E-state index contributed by atoms with van der Waals surface area (Å²) >= 11 is 0. The maximum atomic E-state index is 10.6. The van der Waals surface area contributed by atoms with E-state index in [4.69, 9.17) is 0 Å². The van der Waals surface area contributed by atoms with Crippen molar-refractivity contribution < 1.29 is 5.11 Å². The molecule has 18 heavy (non-hydrogen) atoms. The van der Waals surface area contributed by atoms with Crippen LogP contribution >= 0.6 is 0 Å². The Morgan fingerprint density at radius 1 is 1.22 bits per heavy atom. The molecular weight excluding hydrogens is 222 g/mol. The molecule has 0 fully saturated rings. The molecule has 0 aromatic heterocycles. The quantitative estimate of drug-likeness (QED) is 0.857. The molecule has 3 unspecified atom stereocenters. The molecule has 1 aromatic carbocycles. The van der Waals surface area contributed by atoms with Gasteiger partial charge in [0, 0.05) is 17.1 Å². The van der Waals surface area contributed by atoms with Crippen LogP contribution in [0.15, 0.2) is 24.3 Å². The third kappa shape index (κ3) is 2.08. The summed E-state index contributed by atoms with van der Waals surface area (Å²) in [7, 11) is 0. The minimum absolute atomic E-state index is 0.0352. The van der Waals surface area contributed by atoms with E-state index in [1.165, 1.54) is 5.56 Å². The Morgan fingerprint density at radius 2 is 1.78 bits per heavy atom. The summed E-state index contributed by atoms with van der Waals surface area (Å²) in [6.45, 7) is 11.0. The summed E-state index contributed by atoms with van der Waals surface area (Å²) in [6, 6.07) is 8.64. The van der Waals surface area contributed by atoms with Crippen LogP contribution in [0.5, 0.6) is 0 Å². The third-order valence-electron chi connectivity index (χ3n) is 4.11. The highest BCUT2D eigenvalue weighted by molar-refractivity contribution is 5.37. The van der Waals surface area contributed by atoms with Crippen LogP contribution in [0.3, 0.4) is 0 Å². The van der Waals surface area contributed by atoms with Crippen LogP contribution in [-0.4, -0.2) is 15.5 Å². The first-order chi connectivity index (χ1) is 8.38. The topological polar surface area (TPSA) is 23.5 Å². The molecule has 0 amide bonds. The lowest BCUT2D eigenvalue weighted by molar-refractivity contribution is -0.0780. The van der Waals surface area contributed by atoms with Crippen LogP contribution in [0.25, 0.3) is 0 Å². The van der Waals surface area contributed by atoms with Gasteiger partial charge in [0.25, 0.3) is 0 Å². The molecule has 0 aliphatic carbocycles. The molecule has 1 aromatic rings. The molecule has 0 radical (unpaired) electrons. The molecule has 0 saturated carbocycles. The van der Waals surface area contributed by atoms with Crippen molar-refractivity contribution >= 4 is 0 Å². The zero-order valence-electron chi connectivity index (χ0n) is 12.1. The second-order valence-corrected chi connectivity index (χ2v) is 6.41. The summed E-state index contributed by atoms with van der Waals surface area (Å²) in [4.78, 5) is 2.26. The third-order valence-corrected chi connectivity index (χ3v) is 4.11. The number of fused-ring (bicyclic) bond motifs is 1. The molecule has 2 heteroatoms. The molecule has 3 atom stereocenters. The van der Waals surface area contributed by atoms with Crippen molar-refractivity contribution in [3.8, 4) is 0 Å². The molecule has 100 valence electrons. The molecule has 1 aliphatic rings. The van der Waals surface area contributed by atoms with Gasteiger partial charge in [-0.05, 0) is 32.3 Å². The van der Waals surface area contributed by atoms with E-state index in [1.807, 2.05) is 6.07 Å². The van der Waals surface area contributed by atoms with E-state index < -0.39 is 6.23 Å². The molecule has 0 bridgehead atoms. The van der Waals surface area contributed by atoms with Gasteiger partial charge in [0.15, 0.2) is 0 Å². The van der Waals surface area contributed by atoms with Gasteiger partial charge in [0.1, 0.15) is 6.23 Å². The fraction of sp³-hybridized carbons (Fsp3) is 0.625. The van der Waals surface area contributed by atoms with Gasteiger partial charge in [0.2, 0.25) is 0 Å². The van der Waals surface area contributed by atoms with Crippen molar-refractivity contribution in [1.29, 1.82) is 0 Å². The van der Waals surface area contributed by atoms with Crippen LogP contribution in [0.1, 0.15) is 64.4 Å². The van der Waals surface area contributed by atoms with E-state index in [1.54, 1.807) is 0 Å². The average Bonchev–Trinajstić information content (AvgIpc) is 2.62. The van der Waals surface area contributed by atoms with E-state index in [9.17, 15) is 5.11 Å². The highest BCUT2D eigenvalue weighted by Gasteiger charge is 2.44. The lowest BCUT2D eigenvalue weighted by Crippen LogP contribution is -2.44. The molecule has 1 N–H and O–H groups in total. The number of hydrogen-bond acceptors (Lipinski definition) is 2. The van der Waals surface area contributed by atoms with E-state index in [2.05, 4.69) is 57.7 Å². The number of benzene rings is 1. The largest absolute Gasteiger partial charge is 0.374 e. The Balaban J connectivity index is 2.50. The van der Waals surface area contributed by atoms with Gasteiger partial charge in [-0.1, -0.05) is 44.5 Å². The zero-order valence-corrected chi connectivity index (χ0v) is 12.1. The second-order valence-electron chi connectivity index (χ2n) is 6.41. The first-order valence-electron chi connectivity index (χ1n) is 6.93. The summed E-state index contributed by atoms with van der Waals surface area (Å²) in [6.07, 6.45) is 0.651. The number of hydrogen-bond donors (Lipinski definition) is 1. The Morgan fingerprint density at radius 3 is 2.28 bits per heavy atom. The van der Waals surface area contributed by atoms with Crippen molar-refractivity contribution in [3.63, 3.8) is 0 Å². The van der Waals surface area contributed by atoms with Gasteiger partial charge >= 0.3 is 0 Å². The summed E-state index contributed by atoms with van der Waals surface area (Å²) in [5.41, 5.74) is 2.35. The maximum Gasteiger partial charge on any atom is 0.134 e. The van der Waals surface area contributed by atoms with Gasteiger partial charge in [-0.25, -0.2) is 0 Å². The fourth-order valence-electron chi connectivity index (χ4n) is 3.06. The number of aliphatic hydroxyl groups is 1. The van der Waals surface area contributed by atoms with Crippen LogP contribution in [-0.2, 0) is 0 Å². The van der Waals surface area contributed by atoms with Gasteiger partial charge in [-0.2, -0.15) is 0 Å². The molecule has 2 nitrogen and oxygen atoms in total. The Bertz CT molecular complexity index is 421. The first kappa shape index (κ1) is 13.6. The van der Waals surface area contributed by atoms with Gasteiger partial charge in [0.05, 0.1) is 0 Å². The number of rotatable bonds is 2. The predicted octanol–water partition coefficient (Wildman–Crippen LogP) is 3.88. The van der Waals surface area contributed by atoms with Crippen molar-refractivity contribution in [3.05, 3.63) is 35.4 Å². The Kier molecular flexibility index (Phi) is 3.52. The maximum absolute atomic E-state index is 10.6. The molecule has 1 aliphatic heterocycles. The van der Waals surface area contributed by atoms with Crippen LogP contribution < -0.4 is 0 Å². The minimum Gasteiger partial charge on any atom is -0.374 e. The van der Waals surface area contributed by atoms with E-state index in [-0.39, 0.29) is 5.54 Å². The molecular formula is C16H25NO. The lowest BCUT2D eigenvalue weighted by atomic mass is 9.90. The standard InChI is InChI=1S/C16H25NO/c1-6-11(2)14-12-9-7-8-10-13(12)15(18)17(14)16(3,4)5/h7-11,14-15,18H,6H2,1-5H3. The fourth-order valence-corrected chi connectivity index (χ4v) is 3.06. The molecule has 1 heterocycles. The van der Waals surface area contributed by atoms with Crippen molar-refractivity contribution in [2.75, 3.05) is 0 Å². The first-order valence-corrected chi connectivity index (χ1v) is 6.93. The SMILES string of the molecule is CCC(C)C1c2ccccc2C(O)N1C(C)(C)C. The monoisotopic (exact) mass is 247 g/mol.